The number of rotatable bonds is 2. The largest absolute Gasteiger partial charge is 0.371 e. The first-order valence-electron chi connectivity index (χ1n) is 5.56. The van der Waals surface area contributed by atoms with Gasteiger partial charge in [0, 0.05) is 13.4 Å². The minimum atomic E-state index is -3.37. The molecule has 0 bridgehead atoms. The summed E-state index contributed by atoms with van der Waals surface area (Å²) in [5.41, 5.74) is -0.565. The molecule has 0 saturated heterocycles. The summed E-state index contributed by atoms with van der Waals surface area (Å²) in [6.07, 6.45) is 6.34. The van der Waals surface area contributed by atoms with E-state index in [1.54, 1.807) is 0 Å². The summed E-state index contributed by atoms with van der Waals surface area (Å²) in [5, 5.41) is 0. The van der Waals surface area contributed by atoms with E-state index in [1.807, 2.05) is 0 Å². The van der Waals surface area contributed by atoms with Gasteiger partial charge in [0.1, 0.15) is 10.2 Å². The maximum atomic E-state index is 12.5. The predicted molar refractivity (Wildman–Crippen MR) is 71.5 cm³/mol. The van der Waals surface area contributed by atoms with Crippen LogP contribution in [0, 0.1) is 0 Å². The Labute approximate surface area is 112 Å². The van der Waals surface area contributed by atoms with Crippen molar-refractivity contribution >= 4 is 34.3 Å². The first-order valence-corrected chi connectivity index (χ1v) is 9.45. The van der Waals surface area contributed by atoms with Crippen molar-refractivity contribution in [1.82, 2.24) is 0 Å². The van der Waals surface area contributed by atoms with E-state index >= 15 is 0 Å². The molecule has 2 aliphatic rings. The monoisotopic (exact) mass is 342 g/mol. The van der Waals surface area contributed by atoms with E-state index < -0.39 is 24.0 Å². The molecule has 0 amide bonds. The molecular formula is C10H16BrO4PS. The second-order valence-electron chi connectivity index (χ2n) is 4.40. The lowest BCUT2D eigenvalue weighted by molar-refractivity contribution is 0.0697. The smallest absolute Gasteiger partial charge is 0.308 e. The van der Waals surface area contributed by atoms with Gasteiger partial charge >= 0.3 is 7.60 Å². The molecule has 7 heteroatoms. The Morgan fingerprint density at radius 2 is 2.00 bits per heavy atom. The van der Waals surface area contributed by atoms with E-state index in [0.717, 1.165) is 32.1 Å². The standard InChI is InChI=1S/C10H16BrO4PS/c1-14-16(12)9(17(2)13)8(11)10(15-16)6-4-3-5-7-10/h3-7H2,1-2H3. The molecule has 2 unspecified atom stereocenters. The highest BCUT2D eigenvalue weighted by molar-refractivity contribution is 9.12. The van der Waals surface area contributed by atoms with E-state index in [0.29, 0.717) is 9.13 Å². The maximum absolute atomic E-state index is 12.5. The van der Waals surface area contributed by atoms with Crippen molar-refractivity contribution in [3.05, 3.63) is 9.13 Å². The Hall–Kier alpha value is 0.520. The number of halogens is 1. The van der Waals surface area contributed by atoms with Crippen LogP contribution < -0.4 is 0 Å². The topological polar surface area (TPSA) is 52.6 Å². The van der Waals surface area contributed by atoms with Crippen molar-refractivity contribution in [1.29, 1.82) is 0 Å². The third-order valence-electron chi connectivity index (χ3n) is 3.31. The van der Waals surface area contributed by atoms with Crippen molar-refractivity contribution in [2.75, 3.05) is 13.4 Å². The van der Waals surface area contributed by atoms with Crippen molar-refractivity contribution in [3.8, 4) is 0 Å². The fraction of sp³-hybridized carbons (Fsp3) is 0.800. The minimum absolute atomic E-state index is 0.307. The predicted octanol–water partition coefficient (Wildman–Crippen LogP) is 3.50. The molecule has 0 radical (unpaired) electrons. The fourth-order valence-electron chi connectivity index (χ4n) is 2.46. The van der Waals surface area contributed by atoms with Crippen LogP contribution in [0.4, 0.5) is 0 Å². The Kier molecular flexibility index (Phi) is 4.01. The van der Waals surface area contributed by atoms with Gasteiger partial charge in [0.2, 0.25) is 0 Å². The van der Waals surface area contributed by atoms with Gasteiger partial charge in [0.25, 0.3) is 0 Å². The molecule has 2 rings (SSSR count). The van der Waals surface area contributed by atoms with Crippen molar-refractivity contribution in [2.45, 2.75) is 37.7 Å². The second-order valence-corrected chi connectivity index (χ2v) is 8.80. The molecule has 0 aromatic rings. The van der Waals surface area contributed by atoms with Gasteiger partial charge in [0.05, 0.1) is 15.3 Å². The van der Waals surface area contributed by atoms with E-state index in [9.17, 15) is 8.77 Å². The summed E-state index contributed by atoms with van der Waals surface area (Å²) in [5.74, 6) is 0. The summed E-state index contributed by atoms with van der Waals surface area (Å²) >= 11 is 3.45. The molecule has 4 nitrogen and oxygen atoms in total. The van der Waals surface area contributed by atoms with Gasteiger partial charge in [-0.1, -0.05) is 35.2 Å². The van der Waals surface area contributed by atoms with Crippen LogP contribution in [0.1, 0.15) is 32.1 Å². The van der Waals surface area contributed by atoms with Gasteiger partial charge in [0.15, 0.2) is 0 Å². The van der Waals surface area contributed by atoms with Crippen LogP contribution in [0.25, 0.3) is 0 Å². The first-order chi connectivity index (χ1) is 7.95. The normalized spacial score (nSPS) is 34.3. The highest BCUT2D eigenvalue weighted by Gasteiger charge is 2.54. The van der Waals surface area contributed by atoms with E-state index in [1.165, 1.54) is 13.4 Å². The number of hydrogen-bond donors (Lipinski definition) is 0. The average Bonchev–Trinajstić information content (AvgIpc) is 2.49. The summed E-state index contributed by atoms with van der Waals surface area (Å²) in [6.45, 7) is 0. The molecule has 17 heavy (non-hydrogen) atoms. The Morgan fingerprint density at radius 3 is 2.41 bits per heavy atom. The Morgan fingerprint density at radius 1 is 1.41 bits per heavy atom. The maximum Gasteiger partial charge on any atom is 0.371 e. The van der Waals surface area contributed by atoms with Crippen LogP contribution in [0.15, 0.2) is 9.13 Å². The lowest BCUT2D eigenvalue weighted by Gasteiger charge is -2.33. The molecule has 98 valence electrons. The zero-order valence-corrected chi connectivity index (χ0v) is 13.2. The first kappa shape index (κ1) is 13.9. The summed E-state index contributed by atoms with van der Waals surface area (Å²) in [7, 11) is -3.38. The van der Waals surface area contributed by atoms with E-state index in [2.05, 4.69) is 15.9 Å². The molecule has 1 saturated carbocycles. The average molecular weight is 343 g/mol. The van der Waals surface area contributed by atoms with Gasteiger partial charge in [-0.05, 0) is 12.8 Å². The third kappa shape index (κ3) is 2.23. The summed E-state index contributed by atoms with van der Waals surface area (Å²) in [4.78, 5) is 0. The quantitative estimate of drug-likeness (QED) is 0.720. The molecule has 1 aliphatic carbocycles. The van der Waals surface area contributed by atoms with E-state index in [4.69, 9.17) is 9.05 Å². The molecule has 0 aromatic heterocycles. The van der Waals surface area contributed by atoms with Gasteiger partial charge in [-0.15, -0.1) is 0 Å². The zero-order valence-electron chi connectivity index (χ0n) is 9.90. The molecule has 1 aliphatic heterocycles. The Balaban J connectivity index is 2.48. The lowest BCUT2D eigenvalue weighted by Crippen LogP contribution is -2.31. The third-order valence-corrected chi connectivity index (χ3v) is 8.98. The molecule has 0 N–H and O–H groups in total. The van der Waals surface area contributed by atoms with Gasteiger partial charge in [-0.25, -0.2) is 0 Å². The van der Waals surface area contributed by atoms with Crippen LogP contribution in [-0.4, -0.2) is 23.2 Å². The van der Waals surface area contributed by atoms with Gasteiger partial charge < -0.3 is 4.52 Å². The van der Waals surface area contributed by atoms with Crippen LogP contribution in [0.5, 0.6) is 0 Å². The van der Waals surface area contributed by atoms with Crippen molar-refractivity contribution < 1.29 is 17.8 Å². The van der Waals surface area contributed by atoms with Gasteiger partial charge in [-0.3, -0.25) is 13.3 Å². The molecule has 1 spiro atoms. The van der Waals surface area contributed by atoms with Gasteiger partial charge in [-0.2, -0.15) is 0 Å². The van der Waals surface area contributed by atoms with Crippen molar-refractivity contribution in [2.24, 2.45) is 0 Å². The molecule has 1 heterocycles. The minimum Gasteiger partial charge on any atom is -0.308 e. The molecule has 2 atom stereocenters. The lowest BCUT2D eigenvalue weighted by atomic mass is 9.85. The fourth-order valence-corrected chi connectivity index (χ4v) is 7.94. The van der Waals surface area contributed by atoms with Crippen molar-refractivity contribution in [3.63, 3.8) is 0 Å². The highest BCUT2D eigenvalue weighted by atomic mass is 79.9. The van der Waals surface area contributed by atoms with E-state index in [-0.39, 0.29) is 0 Å². The second kappa shape index (κ2) is 4.89. The summed E-state index contributed by atoms with van der Waals surface area (Å²) in [6, 6.07) is 0. The van der Waals surface area contributed by atoms with Crippen LogP contribution in [-0.2, 0) is 24.4 Å². The summed E-state index contributed by atoms with van der Waals surface area (Å²) < 4.78 is 36.0. The number of hydrogen-bond acceptors (Lipinski definition) is 4. The van der Waals surface area contributed by atoms with Crippen LogP contribution >= 0.6 is 23.5 Å². The molecule has 0 aromatic carbocycles. The highest BCUT2D eigenvalue weighted by Crippen LogP contribution is 2.70. The zero-order chi connectivity index (χ0) is 12.7. The van der Waals surface area contributed by atoms with Crippen LogP contribution in [0.2, 0.25) is 0 Å². The molecular weight excluding hydrogens is 327 g/mol. The van der Waals surface area contributed by atoms with Crippen LogP contribution in [0.3, 0.4) is 0 Å². The SMILES string of the molecule is COP1(=O)OC2(CCCCC2)C(Br)=C1S(C)=O. The Bertz CT molecular complexity index is 428. The molecule has 1 fully saturated rings.